The monoisotopic (exact) mass is 644 g/mol. The molecule has 3 aliphatic rings. The van der Waals surface area contributed by atoms with Gasteiger partial charge in [-0.2, -0.15) is 0 Å². The van der Waals surface area contributed by atoms with Crippen LogP contribution in [0.1, 0.15) is 107 Å². The highest BCUT2D eigenvalue weighted by Crippen LogP contribution is 2.27. The summed E-state index contributed by atoms with van der Waals surface area (Å²) >= 11 is 0. The minimum atomic E-state index is -0.719. The fourth-order valence-electron chi connectivity index (χ4n) is 7.32. The number of likely N-dealkylation sites (N-methyl/N-ethyl adjacent to an activating group) is 1. The number of nitrogens with zero attached hydrogens (tertiary/aromatic N) is 4. The summed E-state index contributed by atoms with van der Waals surface area (Å²) in [5.41, 5.74) is 0.0101. The summed E-state index contributed by atoms with van der Waals surface area (Å²) in [5, 5.41) is 6.23. The van der Waals surface area contributed by atoms with Crippen LogP contribution in [0.3, 0.4) is 0 Å². The molecule has 3 rings (SSSR count). The average molecular weight is 645 g/mol. The largest absolute Gasteiger partial charge is 0.353 e. The van der Waals surface area contributed by atoms with Gasteiger partial charge in [0.1, 0.15) is 12.1 Å². The van der Waals surface area contributed by atoms with Crippen molar-refractivity contribution in [2.75, 3.05) is 46.3 Å². The minimum absolute atomic E-state index is 0.0234. The van der Waals surface area contributed by atoms with Crippen LogP contribution < -0.4 is 10.6 Å². The number of likely N-dealkylation sites (tertiary alicyclic amines) is 3. The zero-order valence-corrected chi connectivity index (χ0v) is 30.4. The Balaban J connectivity index is 1.70. The maximum absolute atomic E-state index is 14.1. The van der Waals surface area contributed by atoms with Crippen LogP contribution in [0, 0.1) is 11.3 Å². The standard InChI is InChI=1S/C36H64N6O4/c1-25(2)30(39(9)35(46)31(36(6,7)8)38-33(44)29-16-11-14-21-41(29)26(3)4)24-27(5)34(45)42-22-15-17-28(42)32(43)37-18-23-40-19-12-10-13-20-40/h24-26,28-31H,10-23H2,1-9H3,(H,37,43)(H,38,44)/b27-24+/t28-,29+,30+,31?/m0/s1. The van der Waals surface area contributed by atoms with Crippen molar-refractivity contribution < 1.29 is 19.2 Å². The van der Waals surface area contributed by atoms with Gasteiger partial charge in [-0.1, -0.05) is 53.5 Å². The number of piperidine rings is 2. The Kier molecular flexibility index (Phi) is 14.1. The fourth-order valence-corrected chi connectivity index (χ4v) is 7.32. The van der Waals surface area contributed by atoms with Crippen LogP contribution in [-0.2, 0) is 19.2 Å². The molecule has 0 aromatic carbocycles. The van der Waals surface area contributed by atoms with Crippen molar-refractivity contribution in [1.29, 1.82) is 0 Å². The Bertz CT molecular complexity index is 1080. The molecule has 262 valence electrons. The molecule has 4 amide bonds. The van der Waals surface area contributed by atoms with E-state index in [9.17, 15) is 19.2 Å². The highest BCUT2D eigenvalue weighted by molar-refractivity contribution is 5.97. The molecule has 3 heterocycles. The number of nitrogens with one attached hydrogen (secondary N) is 2. The Morgan fingerprint density at radius 1 is 0.848 bits per heavy atom. The Labute approximate surface area is 279 Å². The smallest absolute Gasteiger partial charge is 0.249 e. The molecule has 0 saturated carbocycles. The molecule has 10 heteroatoms. The summed E-state index contributed by atoms with van der Waals surface area (Å²) in [4.78, 5) is 62.7. The van der Waals surface area contributed by atoms with Crippen molar-refractivity contribution in [3.05, 3.63) is 11.6 Å². The van der Waals surface area contributed by atoms with Crippen molar-refractivity contribution >= 4 is 23.6 Å². The molecule has 0 aromatic heterocycles. The van der Waals surface area contributed by atoms with Crippen molar-refractivity contribution in [1.82, 2.24) is 30.2 Å². The summed E-state index contributed by atoms with van der Waals surface area (Å²) in [5.74, 6) is -0.481. The summed E-state index contributed by atoms with van der Waals surface area (Å²) in [6, 6.07) is -1.55. The fraction of sp³-hybridized carbons (Fsp3) is 0.833. The van der Waals surface area contributed by atoms with Crippen molar-refractivity contribution in [2.24, 2.45) is 11.3 Å². The van der Waals surface area contributed by atoms with Crippen LogP contribution in [0.4, 0.5) is 0 Å². The summed E-state index contributed by atoms with van der Waals surface area (Å²) in [6.45, 7) is 21.0. The molecule has 1 unspecified atom stereocenters. The third kappa shape index (κ3) is 10.0. The van der Waals surface area contributed by atoms with E-state index in [0.717, 1.165) is 51.9 Å². The molecule has 4 atom stereocenters. The van der Waals surface area contributed by atoms with Crippen molar-refractivity contribution in [3.63, 3.8) is 0 Å². The lowest BCUT2D eigenvalue weighted by Gasteiger charge is -2.41. The zero-order valence-electron chi connectivity index (χ0n) is 30.4. The van der Waals surface area contributed by atoms with E-state index in [1.807, 2.05) is 40.7 Å². The average Bonchev–Trinajstić information content (AvgIpc) is 3.51. The maximum atomic E-state index is 14.1. The topological polar surface area (TPSA) is 105 Å². The van der Waals surface area contributed by atoms with E-state index in [2.05, 4.69) is 34.3 Å². The van der Waals surface area contributed by atoms with Gasteiger partial charge < -0.3 is 25.3 Å². The lowest BCUT2D eigenvalue weighted by Crippen LogP contribution is -2.60. The quantitative estimate of drug-likeness (QED) is 0.313. The number of hydrogen-bond acceptors (Lipinski definition) is 6. The summed E-state index contributed by atoms with van der Waals surface area (Å²) in [7, 11) is 1.77. The molecule has 2 N–H and O–H groups in total. The zero-order chi connectivity index (χ0) is 34.2. The van der Waals surface area contributed by atoms with Gasteiger partial charge in [-0.05, 0) is 90.3 Å². The SMILES string of the molecule is C/C(=C\[C@H](C(C)C)N(C)C(=O)C(NC(=O)[C@H]1CCCCN1C(C)C)C(C)(C)C)C(=O)N1CCC[C@H]1C(=O)NCCN1CCCCC1. The van der Waals surface area contributed by atoms with E-state index < -0.39 is 17.5 Å². The van der Waals surface area contributed by atoms with Crippen LogP contribution in [0.2, 0.25) is 0 Å². The van der Waals surface area contributed by atoms with Crippen molar-refractivity contribution in [2.45, 2.75) is 137 Å². The predicted molar refractivity (Wildman–Crippen MR) is 184 cm³/mol. The van der Waals surface area contributed by atoms with Crippen LogP contribution in [0.5, 0.6) is 0 Å². The second-order valence-electron chi connectivity index (χ2n) is 15.5. The predicted octanol–water partition coefficient (Wildman–Crippen LogP) is 3.80. The molecule has 3 saturated heterocycles. The van der Waals surface area contributed by atoms with Gasteiger partial charge in [-0.15, -0.1) is 0 Å². The van der Waals surface area contributed by atoms with Gasteiger partial charge in [0.15, 0.2) is 0 Å². The van der Waals surface area contributed by atoms with Crippen LogP contribution in [-0.4, -0.2) is 120 Å². The molecular formula is C36H64N6O4. The third-order valence-electron chi connectivity index (χ3n) is 10.1. The number of rotatable bonds is 12. The van der Waals surface area contributed by atoms with Gasteiger partial charge in [0.05, 0.1) is 12.1 Å². The lowest BCUT2D eigenvalue weighted by atomic mass is 9.84. The molecule has 0 aliphatic carbocycles. The number of amides is 4. The Morgan fingerprint density at radius 2 is 1.48 bits per heavy atom. The first-order valence-electron chi connectivity index (χ1n) is 18.0. The van der Waals surface area contributed by atoms with Gasteiger partial charge in [0.25, 0.3) is 0 Å². The lowest BCUT2D eigenvalue weighted by molar-refractivity contribution is -0.142. The Hall–Kier alpha value is -2.46. The molecule has 0 aromatic rings. The summed E-state index contributed by atoms with van der Waals surface area (Å²) in [6.07, 6.45) is 9.89. The van der Waals surface area contributed by atoms with E-state index in [0.29, 0.717) is 25.1 Å². The molecule has 0 radical (unpaired) electrons. The third-order valence-corrected chi connectivity index (χ3v) is 10.1. The number of hydrogen-bond donors (Lipinski definition) is 2. The van der Waals surface area contributed by atoms with Crippen molar-refractivity contribution in [3.8, 4) is 0 Å². The molecule has 46 heavy (non-hydrogen) atoms. The van der Waals surface area contributed by atoms with E-state index in [4.69, 9.17) is 0 Å². The van der Waals surface area contributed by atoms with Gasteiger partial charge >= 0.3 is 0 Å². The maximum Gasteiger partial charge on any atom is 0.249 e. The van der Waals surface area contributed by atoms with Crippen LogP contribution in [0.15, 0.2) is 11.6 Å². The Morgan fingerprint density at radius 3 is 2.09 bits per heavy atom. The van der Waals surface area contributed by atoms with E-state index in [-0.39, 0.29) is 47.7 Å². The van der Waals surface area contributed by atoms with Crippen LogP contribution >= 0.6 is 0 Å². The second-order valence-corrected chi connectivity index (χ2v) is 15.5. The molecule has 0 spiro atoms. The van der Waals surface area contributed by atoms with E-state index in [1.54, 1.807) is 23.8 Å². The van der Waals surface area contributed by atoms with Gasteiger partial charge in [0, 0.05) is 38.3 Å². The van der Waals surface area contributed by atoms with Gasteiger partial charge in [0.2, 0.25) is 23.6 Å². The number of carbonyl (C=O) groups is 4. The first kappa shape index (κ1) is 38.0. The molecule has 3 fully saturated rings. The normalized spacial score (nSPS) is 23.4. The van der Waals surface area contributed by atoms with Gasteiger partial charge in [-0.3, -0.25) is 24.1 Å². The highest BCUT2D eigenvalue weighted by Gasteiger charge is 2.40. The first-order chi connectivity index (χ1) is 21.6. The molecule has 0 bridgehead atoms. The minimum Gasteiger partial charge on any atom is -0.353 e. The molecular weight excluding hydrogens is 580 g/mol. The molecule has 3 aliphatic heterocycles. The molecule has 10 nitrogen and oxygen atoms in total. The van der Waals surface area contributed by atoms with Gasteiger partial charge in [-0.25, -0.2) is 0 Å². The summed E-state index contributed by atoms with van der Waals surface area (Å²) < 4.78 is 0. The van der Waals surface area contributed by atoms with E-state index >= 15 is 0 Å². The number of carbonyl (C=O) groups excluding carboxylic acids is 4. The van der Waals surface area contributed by atoms with E-state index in [1.165, 1.54) is 19.3 Å². The highest BCUT2D eigenvalue weighted by atomic mass is 16.2. The first-order valence-corrected chi connectivity index (χ1v) is 18.0. The van der Waals surface area contributed by atoms with Crippen LogP contribution in [0.25, 0.3) is 0 Å². The second kappa shape index (κ2) is 17.1.